The molecular weight excluding hydrogens is 267 g/mol. The van der Waals surface area contributed by atoms with Gasteiger partial charge in [-0.2, -0.15) is 0 Å². The molecule has 1 rings (SSSR count). The van der Waals surface area contributed by atoms with E-state index in [4.69, 9.17) is 17.3 Å². The molecule has 0 aliphatic carbocycles. The van der Waals surface area contributed by atoms with Gasteiger partial charge >= 0.3 is 0 Å². The maximum atomic E-state index is 13.6. The SMILES string of the molecule is CN(Cc1c(F)cccc1Cl)C(=O)CCC(C)(C)N. The van der Waals surface area contributed by atoms with E-state index >= 15 is 0 Å². The molecule has 3 nitrogen and oxygen atoms in total. The summed E-state index contributed by atoms with van der Waals surface area (Å²) in [7, 11) is 1.63. The molecule has 0 atom stereocenters. The Labute approximate surface area is 118 Å². The molecule has 5 heteroatoms. The van der Waals surface area contributed by atoms with Gasteiger partial charge in [0.2, 0.25) is 5.91 Å². The summed E-state index contributed by atoms with van der Waals surface area (Å²) in [6.45, 7) is 3.90. The van der Waals surface area contributed by atoms with Crippen molar-refractivity contribution in [1.82, 2.24) is 4.90 Å². The van der Waals surface area contributed by atoms with Crippen molar-refractivity contribution >= 4 is 17.5 Å². The summed E-state index contributed by atoms with van der Waals surface area (Å²) in [5.41, 5.74) is 5.79. The van der Waals surface area contributed by atoms with Gasteiger partial charge in [0.25, 0.3) is 0 Å². The molecule has 19 heavy (non-hydrogen) atoms. The van der Waals surface area contributed by atoms with Crippen molar-refractivity contribution in [2.24, 2.45) is 5.73 Å². The Bertz CT molecular complexity index is 437. The number of hydrogen-bond donors (Lipinski definition) is 1. The van der Waals surface area contributed by atoms with Crippen LogP contribution >= 0.6 is 11.6 Å². The third-order valence-electron chi connectivity index (χ3n) is 2.87. The van der Waals surface area contributed by atoms with Crippen molar-refractivity contribution < 1.29 is 9.18 Å². The zero-order valence-corrected chi connectivity index (χ0v) is 12.3. The van der Waals surface area contributed by atoms with Gasteiger partial charge in [-0.1, -0.05) is 17.7 Å². The molecule has 0 aliphatic heterocycles. The molecule has 0 bridgehead atoms. The summed E-state index contributed by atoms with van der Waals surface area (Å²) in [5, 5.41) is 0.332. The lowest BCUT2D eigenvalue weighted by molar-refractivity contribution is -0.130. The Morgan fingerprint density at radius 2 is 2.11 bits per heavy atom. The van der Waals surface area contributed by atoms with Crippen LogP contribution in [0.5, 0.6) is 0 Å². The minimum atomic E-state index is -0.397. The van der Waals surface area contributed by atoms with E-state index in [0.29, 0.717) is 23.4 Å². The van der Waals surface area contributed by atoms with Crippen LogP contribution in [0, 0.1) is 5.82 Å². The fraction of sp³-hybridized carbons (Fsp3) is 0.500. The van der Waals surface area contributed by atoms with Gasteiger partial charge in [-0.15, -0.1) is 0 Å². The van der Waals surface area contributed by atoms with Crippen LogP contribution in [-0.4, -0.2) is 23.4 Å². The largest absolute Gasteiger partial charge is 0.341 e. The fourth-order valence-corrected chi connectivity index (χ4v) is 1.85. The second-order valence-corrected chi connectivity index (χ2v) is 5.85. The van der Waals surface area contributed by atoms with E-state index in [0.717, 1.165) is 0 Å². The second kappa shape index (κ2) is 6.35. The molecule has 0 spiro atoms. The highest BCUT2D eigenvalue weighted by Crippen LogP contribution is 2.21. The Morgan fingerprint density at radius 1 is 1.47 bits per heavy atom. The lowest BCUT2D eigenvalue weighted by Gasteiger charge is -2.22. The predicted octanol–water partition coefficient (Wildman–Crippen LogP) is 2.96. The van der Waals surface area contributed by atoms with Gasteiger partial charge in [-0.25, -0.2) is 4.39 Å². The Morgan fingerprint density at radius 3 is 2.63 bits per heavy atom. The topological polar surface area (TPSA) is 46.3 Å². The normalized spacial score (nSPS) is 11.5. The number of hydrogen-bond acceptors (Lipinski definition) is 2. The fourth-order valence-electron chi connectivity index (χ4n) is 1.63. The highest BCUT2D eigenvalue weighted by Gasteiger charge is 2.17. The van der Waals surface area contributed by atoms with E-state index in [-0.39, 0.29) is 18.0 Å². The first-order valence-electron chi connectivity index (χ1n) is 6.16. The van der Waals surface area contributed by atoms with Crippen molar-refractivity contribution in [3.8, 4) is 0 Å². The van der Waals surface area contributed by atoms with E-state index in [2.05, 4.69) is 0 Å². The smallest absolute Gasteiger partial charge is 0.222 e. The zero-order valence-electron chi connectivity index (χ0n) is 11.5. The van der Waals surface area contributed by atoms with Crippen LogP contribution in [-0.2, 0) is 11.3 Å². The van der Waals surface area contributed by atoms with Crippen LogP contribution in [0.2, 0.25) is 5.02 Å². The minimum Gasteiger partial charge on any atom is -0.341 e. The molecule has 0 heterocycles. The van der Waals surface area contributed by atoms with E-state index in [1.54, 1.807) is 19.2 Å². The van der Waals surface area contributed by atoms with Crippen LogP contribution in [0.25, 0.3) is 0 Å². The molecule has 0 radical (unpaired) electrons. The molecule has 1 aromatic carbocycles. The minimum absolute atomic E-state index is 0.0714. The standard InChI is InChI=1S/C14H20ClFN2O/c1-14(2,17)8-7-13(19)18(3)9-10-11(15)5-4-6-12(10)16/h4-6H,7-9,17H2,1-3H3. The van der Waals surface area contributed by atoms with Gasteiger partial charge < -0.3 is 10.6 Å². The number of nitrogens with zero attached hydrogens (tertiary/aromatic N) is 1. The number of carbonyl (C=O) groups is 1. The molecular formula is C14H20ClFN2O. The van der Waals surface area contributed by atoms with Crippen LogP contribution in [0.1, 0.15) is 32.3 Å². The Balaban J connectivity index is 2.64. The Kier molecular flexibility index (Phi) is 5.32. The summed E-state index contributed by atoms with van der Waals surface area (Å²) in [4.78, 5) is 13.4. The van der Waals surface area contributed by atoms with Crippen LogP contribution in [0.3, 0.4) is 0 Å². The summed E-state index contributed by atoms with van der Waals surface area (Å²) >= 11 is 5.93. The number of nitrogens with two attached hydrogens (primary N) is 1. The highest BCUT2D eigenvalue weighted by atomic mass is 35.5. The highest BCUT2D eigenvalue weighted by molar-refractivity contribution is 6.31. The molecule has 0 unspecified atom stereocenters. The average Bonchev–Trinajstić information content (AvgIpc) is 2.29. The van der Waals surface area contributed by atoms with Crippen molar-refractivity contribution in [3.63, 3.8) is 0 Å². The first kappa shape index (κ1) is 15.9. The molecule has 0 aromatic heterocycles. The first-order valence-corrected chi connectivity index (χ1v) is 6.54. The molecule has 2 N–H and O–H groups in total. The van der Waals surface area contributed by atoms with Gasteiger partial charge in [0.05, 0.1) is 0 Å². The number of benzene rings is 1. The third-order valence-corrected chi connectivity index (χ3v) is 3.22. The lowest BCUT2D eigenvalue weighted by atomic mass is 10.00. The van der Waals surface area contributed by atoms with Gasteiger partial charge in [-0.05, 0) is 32.4 Å². The van der Waals surface area contributed by atoms with E-state index in [9.17, 15) is 9.18 Å². The van der Waals surface area contributed by atoms with E-state index < -0.39 is 5.82 Å². The molecule has 106 valence electrons. The summed E-state index contributed by atoms with van der Waals surface area (Å²) in [6, 6.07) is 4.49. The quantitative estimate of drug-likeness (QED) is 0.904. The molecule has 0 aliphatic rings. The molecule has 1 aromatic rings. The number of rotatable bonds is 5. The maximum absolute atomic E-state index is 13.6. The summed E-state index contributed by atoms with van der Waals surface area (Å²) in [6.07, 6.45) is 0.924. The molecule has 0 saturated carbocycles. The number of carbonyl (C=O) groups excluding carboxylic acids is 1. The molecule has 1 amide bonds. The lowest BCUT2D eigenvalue weighted by Crippen LogP contribution is -2.35. The maximum Gasteiger partial charge on any atom is 0.222 e. The number of halogens is 2. The number of amides is 1. The van der Waals surface area contributed by atoms with Crippen molar-refractivity contribution in [1.29, 1.82) is 0 Å². The zero-order chi connectivity index (χ0) is 14.6. The van der Waals surface area contributed by atoms with Gasteiger partial charge in [-0.3, -0.25) is 4.79 Å². The monoisotopic (exact) mass is 286 g/mol. The molecule has 0 saturated heterocycles. The van der Waals surface area contributed by atoms with Crippen LogP contribution in [0.4, 0.5) is 4.39 Å². The van der Waals surface area contributed by atoms with Gasteiger partial charge in [0.15, 0.2) is 0 Å². The first-order chi connectivity index (χ1) is 8.70. The van der Waals surface area contributed by atoms with E-state index in [1.807, 2.05) is 13.8 Å². The predicted molar refractivity (Wildman–Crippen MR) is 75.4 cm³/mol. The Hall–Kier alpha value is -1.13. The van der Waals surface area contributed by atoms with Crippen molar-refractivity contribution in [2.75, 3.05) is 7.05 Å². The van der Waals surface area contributed by atoms with Crippen molar-refractivity contribution in [3.05, 3.63) is 34.6 Å². The van der Waals surface area contributed by atoms with Gasteiger partial charge in [0, 0.05) is 36.1 Å². The average molecular weight is 287 g/mol. The van der Waals surface area contributed by atoms with Crippen molar-refractivity contribution in [2.45, 2.75) is 38.8 Å². The molecule has 0 fully saturated rings. The van der Waals surface area contributed by atoms with Gasteiger partial charge in [0.1, 0.15) is 5.82 Å². The summed E-state index contributed by atoms with van der Waals surface area (Å²) in [5.74, 6) is -0.468. The van der Waals surface area contributed by atoms with E-state index in [1.165, 1.54) is 11.0 Å². The van der Waals surface area contributed by atoms with Crippen LogP contribution < -0.4 is 5.73 Å². The third kappa shape index (κ3) is 5.17. The van der Waals surface area contributed by atoms with Crippen LogP contribution in [0.15, 0.2) is 18.2 Å². The second-order valence-electron chi connectivity index (χ2n) is 5.44. The summed E-state index contributed by atoms with van der Waals surface area (Å²) < 4.78 is 13.6.